The lowest BCUT2D eigenvalue weighted by Crippen LogP contribution is -2.26. The van der Waals surface area contributed by atoms with Crippen LogP contribution >= 0.6 is 11.3 Å². The van der Waals surface area contributed by atoms with Crippen molar-refractivity contribution >= 4 is 28.3 Å². The zero-order valence-electron chi connectivity index (χ0n) is 19.9. The fraction of sp³-hybridized carbons (Fsp3) is 0.179. The summed E-state index contributed by atoms with van der Waals surface area (Å²) < 4.78 is 5.26. The Morgan fingerprint density at radius 1 is 0.944 bits per heavy atom. The summed E-state index contributed by atoms with van der Waals surface area (Å²) in [6, 6.07) is 25.4. The number of rotatable bonds is 11. The molecule has 4 aromatic rings. The minimum absolute atomic E-state index is 0.0986. The number of amides is 1. The standard InChI is InChI=1S/C28H27N3O4S/c1-35-24-13-11-22(12-14-24)25-19-36-28(30-25)31(17-20-5-3-2-4-6-20)18-21-7-9-23(10-8-21)27(34)29-16-15-26(32)33/h2-14,19H,15-18H2,1H3,(H,29,34)(H,32,33). The van der Waals surface area contributed by atoms with E-state index in [2.05, 4.69) is 27.7 Å². The molecule has 1 aromatic heterocycles. The zero-order chi connectivity index (χ0) is 25.3. The van der Waals surface area contributed by atoms with Crippen molar-refractivity contribution in [1.29, 1.82) is 0 Å². The number of methoxy groups -OCH3 is 1. The Hall–Kier alpha value is -4.17. The minimum Gasteiger partial charge on any atom is -0.497 e. The van der Waals surface area contributed by atoms with E-state index in [4.69, 9.17) is 14.8 Å². The van der Waals surface area contributed by atoms with Crippen LogP contribution in [0.5, 0.6) is 5.75 Å². The summed E-state index contributed by atoms with van der Waals surface area (Å²) in [7, 11) is 1.65. The summed E-state index contributed by atoms with van der Waals surface area (Å²) in [5, 5.41) is 14.3. The number of anilines is 1. The van der Waals surface area contributed by atoms with Gasteiger partial charge in [0.2, 0.25) is 0 Å². The number of ether oxygens (including phenoxy) is 1. The number of aromatic nitrogens is 1. The predicted molar refractivity (Wildman–Crippen MR) is 141 cm³/mol. The highest BCUT2D eigenvalue weighted by Crippen LogP contribution is 2.30. The van der Waals surface area contributed by atoms with Crippen LogP contribution in [0.1, 0.15) is 27.9 Å². The van der Waals surface area contributed by atoms with Crippen LogP contribution in [0.25, 0.3) is 11.3 Å². The van der Waals surface area contributed by atoms with E-state index in [1.807, 2.05) is 54.6 Å². The van der Waals surface area contributed by atoms with Crippen LogP contribution in [-0.4, -0.2) is 35.6 Å². The maximum Gasteiger partial charge on any atom is 0.305 e. The first-order valence-corrected chi connectivity index (χ1v) is 12.4. The molecule has 7 nitrogen and oxygen atoms in total. The van der Waals surface area contributed by atoms with E-state index < -0.39 is 5.97 Å². The number of carbonyl (C=O) groups excluding carboxylic acids is 1. The van der Waals surface area contributed by atoms with Crippen molar-refractivity contribution in [2.45, 2.75) is 19.5 Å². The van der Waals surface area contributed by atoms with E-state index in [-0.39, 0.29) is 18.9 Å². The van der Waals surface area contributed by atoms with Gasteiger partial charge in [0.1, 0.15) is 5.75 Å². The Morgan fingerprint density at radius 2 is 1.61 bits per heavy atom. The molecular weight excluding hydrogens is 474 g/mol. The molecule has 0 radical (unpaired) electrons. The van der Waals surface area contributed by atoms with Crippen molar-refractivity contribution in [3.05, 3.63) is 101 Å². The number of hydrogen-bond donors (Lipinski definition) is 2. The van der Waals surface area contributed by atoms with Gasteiger partial charge in [-0.05, 0) is 47.5 Å². The van der Waals surface area contributed by atoms with Gasteiger partial charge in [0.05, 0.1) is 19.2 Å². The molecule has 1 heterocycles. The summed E-state index contributed by atoms with van der Waals surface area (Å²) in [4.78, 5) is 30.1. The highest BCUT2D eigenvalue weighted by atomic mass is 32.1. The number of benzene rings is 3. The molecule has 0 atom stereocenters. The first-order valence-electron chi connectivity index (χ1n) is 11.5. The fourth-order valence-corrected chi connectivity index (χ4v) is 4.50. The van der Waals surface area contributed by atoms with E-state index in [1.165, 1.54) is 5.56 Å². The largest absolute Gasteiger partial charge is 0.497 e. The maximum absolute atomic E-state index is 12.3. The van der Waals surface area contributed by atoms with Gasteiger partial charge >= 0.3 is 5.97 Å². The third-order valence-electron chi connectivity index (χ3n) is 5.58. The number of nitrogens with one attached hydrogen (secondary N) is 1. The Morgan fingerprint density at radius 3 is 2.25 bits per heavy atom. The lowest BCUT2D eigenvalue weighted by Gasteiger charge is -2.22. The molecule has 8 heteroatoms. The molecule has 0 fully saturated rings. The van der Waals surface area contributed by atoms with Gasteiger partial charge in [-0.2, -0.15) is 0 Å². The predicted octanol–water partition coefficient (Wildman–Crippen LogP) is 5.23. The second-order valence-electron chi connectivity index (χ2n) is 8.18. The van der Waals surface area contributed by atoms with Gasteiger partial charge in [-0.3, -0.25) is 9.59 Å². The first kappa shape index (κ1) is 24.9. The SMILES string of the molecule is COc1ccc(-c2csc(N(Cc3ccccc3)Cc3ccc(C(=O)NCCC(=O)O)cc3)n2)cc1. The number of carboxylic acids is 1. The molecule has 36 heavy (non-hydrogen) atoms. The van der Waals surface area contributed by atoms with E-state index in [1.54, 1.807) is 30.6 Å². The van der Waals surface area contributed by atoms with Gasteiger partial charge < -0.3 is 20.1 Å². The van der Waals surface area contributed by atoms with Crippen LogP contribution in [0.15, 0.2) is 84.2 Å². The Kier molecular flexibility index (Phi) is 8.31. The fourth-order valence-electron chi connectivity index (χ4n) is 3.67. The van der Waals surface area contributed by atoms with Gasteiger partial charge in [0.15, 0.2) is 5.13 Å². The zero-order valence-corrected chi connectivity index (χ0v) is 20.7. The van der Waals surface area contributed by atoms with Crippen LogP contribution in [0.3, 0.4) is 0 Å². The number of hydrogen-bond acceptors (Lipinski definition) is 6. The monoisotopic (exact) mass is 501 g/mol. The highest BCUT2D eigenvalue weighted by molar-refractivity contribution is 7.14. The number of thiazole rings is 1. The average molecular weight is 502 g/mol. The van der Waals surface area contributed by atoms with Crippen molar-refractivity contribution in [2.75, 3.05) is 18.6 Å². The number of carbonyl (C=O) groups is 2. The van der Waals surface area contributed by atoms with Crippen LogP contribution in [0.4, 0.5) is 5.13 Å². The quantitative estimate of drug-likeness (QED) is 0.292. The molecular formula is C28H27N3O4S. The summed E-state index contributed by atoms with van der Waals surface area (Å²) in [6.45, 7) is 1.40. The van der Waals surface area contributed by atoms with Crippen molar-refractivity contribution in [1.82, 2.24) is 10.3 Å². The van der Waals surface area contributed by atoms with Gasteiger partial charge in [0, 0.05) is 36.1 Å². The van der Waals surface area contributed by atoms with Gasteiger partial charge in [-0.15, -0.1) is 11.3 Å². The third-order valence-corrected chi connectivity index (χ3v) is 6.48. The minimum atomic E-state index is -0.943. The van der Waals surface area contributed by atoms with Gasteiger partial charge in [-0.1, -0.05) is 42.5 Å². The van der Waals surface area contributed by atoms with Gasteiger partial charge in [0.25, 0.3) is 5.91 Å². The average Bonchev–Trinajstić information content (AvgIpc) is 3.39. The molecule has 0 aliphatic carbocycles. The molecule has 0 saturated heterocycles. The number of carboxylic acid groups (broad SMARTS) is 1. The lowest BCUT2D eigenvalue weighted by molar-refractivity contribution is -0.136. The molecule has 0 saturated carbocycles. The maximum atomic E-state index is 12.3. The summed E-state index contributed by atoms with van der Waals surface area (Å²) in [5.74, 6) is -0.423. The van der Waals surface area contributed by atoms with E-state index in [9.17, 15) is 9.59 Å². The van der Waals surface area contributed by atoms with E-state index >= 15 is 0 Å². The lowest BCUT2D eigenvalue weighted by atomic mass is 10.1. The summed E-state index contributed by atoms with van der Waals surface area (Å²) >= 11 is 1.59. The van der Waals surface area contributed by atoms with Crippen molar-refractivity contribution in [2.24, 2.45) is 0 Å². The molecule has 4 rings (SSSR count). The van der Waals surface area contributed by atoms with Crippen LogP contribution in [0.2, 0.25) is 0 Å². The van der Waals surface area contributed by atoms with E-state index in [0.29, 0.717) is 18.7 Å². The van der Waals surface area contributed by atoms with Gasteiger partial charge in [-0.25, -0.2) is 4.98 Å². The molecule has 2 N–H and O–H groups in total. The molecule has 3 aromatic carbocycles. The topological polar surface area (TPSA) is 91.8 Å². The normalized spacial score (nSPS) is 10.6. The number of aliphatic carboxylic acids is 1. The number of nitrogens with zero attached hydrogens (tertiary/aromatic N) is 2. The molecule has 0 unspecified atom stereocenters. The summed E-state index contributed by atoms with van der Waals surface area (Å²) in [6.07, 6.45) is -0.107. The highest BCUT2D eigenvalue weighted by Gasteiger charge is 2.15. The van der Waals surface area contributed by atoms with Crippen LogP contribution < -0.4 is 15.0 Å². The Bertz CT molecular complexity index is 1290. The van der Waals surface area contributed by atoms with Crippen molar-refractivity contribution in [3.8, 4) is 17.0 Å². The van der Waals surface area contributed by atoms with E-state index in [0.717, 1.165) is 27.7 Å². The molecule has 1 amide bonds. The molecule has 184 valence electrons. The van der Waals surface area contributed by atoms with Crippen molar-refractivity contribution < 1.29 is 19.4 Å². The van der Waals surface area contributed by atoms with Crippen molar-refractivity contribution in [3.63, 3.8) is 0 Å². The molecule has 0 bridgehead atoms. The first-order chi connectivity index (χ1) is 17.5. The molecule has 0 aliphatic rings. The smallest absolute Gasteiger partial charge is 0.305 e. The molecule has 0 aliphatic heterocycles. The summed E-state index contributed by atoms with van der Waals surface area (Å²) in [5.41, 5.74) is 4.64. The second-order valence-corrected chi connectivity index (χ2v) is 9.02. The third kappa shape index (κ3) is 6.70. The Labute approximate surface area is 214 Å². The van der Waals surface area contributed by atoms with Crippen LogP contribution in [0, 0.1) is 0 Å². The second kappa shape index (κ2) is 12.0. The van der Waals surface area contributed by atoms with Crippen LogP contribution in [-0.2, 0) is 17.9 Å². The molecule has 0 spiro atoms. The Balaban J connectivity index is 1.51.